The summed E-state index contributed by atoms with van der Waals surface area (Å²) in [5.74, 6) is 0.122. The van der Waals surface area contributed by atoms with Gasteiger partial charge < -0.3 is 14.6 Å². The van der Waals surface area contributed by atoms with Gasteiger partial charge in [0.2, 0.25) is 0 Å². The zero-order valence-corrected chi connectivity index (χ0v) is 20.2. The molecule has 174 valence electrons. The monoisotopic (exact) mass is 456 g/mol. The first-order valence-corrected chi connectivity index (χ1v) is 12.3. The number of benzene rings is 1. The van der Waals surface area contributed by atoms with Crippen molar-refractivity contribution in [1.29, 1.82) is 0 Å². The van der Waals surface area contributed by atoms with E-state index in [1.807, 2.05) is 43.3 Å². The lowest BCUT2D eigenvalue weighted by atomic mass is 9.96. The van der Waals surface area contributed by atoms with Gasteiger partial charge in [-0.05, 0) is 70.8 Å². The number of nitrogens with zero attached hydrogens (tertiary/aromatic N) is 1. The molecular formula is C26H36N2O3S. The minimum atomic E-state index is 0.00673. The molecule has 1 saturated heterocycles. The fraction of sp³-hybridized carbons (Fsp3) is 0.462. The van der Waals surface area contributed by atoms with Gasteiger partial charge in [-0.1, -0.05) is 66.8 Å². The zero-order chi connectivity index (χ0) is 23.2. The quantitative estimate of drug-likeness (QED) is 0.388. The number of aromatic amines is 1. The Bertz CT molecular complexity index is 913. The predicted molar refractivity (Wildman–Crippen MR) is 135 cm³/mol. The van der Waals surface area contributed by atoms with E-state index in [2.05, 4.69) is 35.5 Å². The summed E-state index contributed by atoms with van der Waals surface area (Å²) in [5, 5.41) is 0. The van der Waals surface area contributed by atoms with Crippen molar-refractivity contribution in [3.8, 4) is 0 Å². The summed E-state index contributed by atoms with van der Waals surface area (Å²) >= 11 is 1.24. The van der Waals surface area contributed by atoms with E-state index in [-0.39, 0.29) is 16.8 Å². The molecule has 0 spiro atoms. The number of fused-ring (bicyclic) bond motifs is 1. The summed E-state index contributed by atoms with van der Waals surface area (Å²) in [6.45, 7) is 11.5. The number of likely N-dealkylation sites (tertiary alicyclic amines) is 1. The Labute approximate surface area is 195 Å². The standard InChI is InChI=1S/C19H31NO2.C7H5NOS/c1-4-7-9-17(6-3)10-8-13-20-14-11-18(12-15-20)19(21)22-16-5-2;9-7-8-5-3-1-2-4-6(5)10-7/h4,6-7,9,18H,1,5,8,10-16H2,2-3H3;1-4H,(H,8,9)/b9-7-,17-6+;. The first kappa shape index (κ1) is 25.8. The molecule has 0 radical (unpaired) electrons. The highest BCUT2D eigenvalue weighted by Crippen LogP contribution is 2.19. The maximum atomic E-state index is 11.8. The lowest BCUT2D eigenvalue weighted by Gasteiger charge is -2.30. The van der Waals surface area contributed by atoms with Crippen molar-refractivity contribution >= 4 is 27.5 Å². The number of carbonyl (C=O) groups is 1. The smallest absolute Gasteiger partial charge is 0.309 e. The first-order valence-electron chi connectivity index (χ1n) is 11.5. The molecule has 2 aromatic rings. The molecule has 0 atom stereocenters. The van der Waals surface area contributed by atoms with Crippen LogP contribution in [-0.2, 0) is 9.53 Å². The number of para-hydroxylation sites is 1. The molecule has 1 aliphatic heterocycles. The van der Waals surface area contributed by atoms with Crippen LogP contribution in [0.4, 0.5) is 0 Å². The topological polar surface area (TPSA) is 62.4 Å². The van der Waals surface area contributed by atoms with Gasteiger partial charge in [0.05, 0.1) is 22.7 Å². The third-order valence-corrected chi connectivity index (χ3v) is 6.32. The summed E-state index contributed by atoms with van der Waals surface area (Å²) in [7, 11) is 0. The third-order valence-electron chi connectivity index (χ3n) is 5.45. The SMILES string of the molecule is C=C/C=C\C(=C/C)CCCN1CCC(C(=O)OCCC)CC1.O=c1[nH]c2ccccc2s1. The van der Waals surface area contributed by atoms with Crippen LogP contribution >= 0.6 is 11.3 Å². The van der Waals surface area contributed by atoms with Crippen molar-refractivity contribution in [1.82, 2.24) is 9.88 Å². The molecule has 1 fully saturated rings. The number of allylic oxidation sites excluding steroid dienone is 5. The van der Waals surface area contributed by atoms with Crippen LogP contribution in [0.25, 0.3) is 10.2 Å². The number of nitrogens with one attached hydrogen (secondary N) is 1. The normalized spacial score (nSPS) is 15.5. The molecule has 2 heterocycles. The fourth-order valence-corrected chi connectivity index (χ4v) is 4.37. The molecule has 0 aliphatic carbocycles. The maximum Gasteiger partial charge on any atom is 0.309 e. The maximum absolute atomic E-state index is 11.8. The van der Waals surface area contributed by atoms with Gasteiger partial charge in [-0.25, -0.2) is 0 Å². The number of esters is 1. The molecule has 1 aliphatic rings. The van der Waals surface area contributed by atoms with Gasteiger partial charge in [0, 0.05) is 0 Å². The molecular weight excluding hydrogens is 420 g/mol. The van der Waals surface area contributed by atoms with E-state index in [0.29, 0.717) is 6.61 Å². The van der Waals surface area contributed by atoms with E-state index in [0.717, 1.165) is 62.0 Å². The second-order valence-electron chi connectivity index (χ2n) is 7.86. The molecule has 1 aromatic carbocycles. The van der Waals surface area contributed by atoms with Crippen LogP contribution in [-0.4, -0.2) is 42.1 Å². The molecule has 5 nitrogen and oxygen atoms in total. The largest absolute Gasteiger partial charge is 0.465 e. The highest BCUT2D eigenvalue weighted by Gasteiger charge is 2.25. The van der Waals surface area contributed by atoms with Crippen LogP contribution in [0.3, 0.4) is 0 Å². The third kappa shape index (κ3) is 8.97. The van der Waals surface area contributed by atoms with E-state index >= 15 is 0 Å². The van der Waals surface area contributed by atoms with Crippen LogP contribution in [0.15, 0.2) is 65.5 Å². The minimum absolute atomic E-state index is 0.00673. The Kier molecular flexibility index (Phi) is 11.8. The van der Waals surface area contributed by atoms with Gasteiger partial charge in [-0.3, -0.25) is 9.59 Å². The summed E-state index contributed by atoms with van der Waals surface area (Å²) in [6, 6.07) is 7.65. The van der Waals surface area contributed by atoms with Gasteiger partial charge in [0.25, 0.3) is 0 Å². The second kappa shape index (κ2) is 14.6. The highest BCUT2D eigenvalue weighted by molar-refractivity contribution is 7.16. The number of aromatic nitrogens is 1. The van der Waals surface area contributed by atoms with Gasteiger partial charge in [0.1, 0.15) is 0 Å². The molecule has 0 saturated carbocycles. The lowest BCUT2D eigenvalue weighted by Crippen LogP contribution is -2.37. The molecule has 0 amide bonds. The van der Waals surface area contributed by atoms with Crippen molar-refractivity contribution in [3.05, 3.63) is 70.4 Å². The molecule has 6 heteroatoms. The summed E-state index contributed by atoms with van der Waals surface area (Å²) in [5.41, 5.74) is 2.29. The Hall–Kier alpha value is -2.44. The first-order chi connectivity index (χ1) is 15.6. The summed E-state index contributed by atoms with van der Waals surface area (Å²) < 4.78 is 6.27. The highest BCUT2D eigenvalue weighted by atomic mass is 32.1. The van der Waals surface area contributed by atoms with E-state index in [4.69, 9.17) is 4.74 Å². The van der Waals surface area contributed by atoms with Crippen molar-refractivity contribution in [2.75, 3.05) is 26.2 Å². The van der Waals surface area contributed by atoms with Crippen LogP contribution < -0.4 is 4.87 Å². The van der Waals surface area contributed by atoms with Crippen molar-refractivity contribution in [3.63, 3.8) is 0 Å². The Morgan fingerprint density at radius 1 is 1.31 bits per heavy atom. The van der Waals surface area contributed by atoms with Crippen LogP contribution in [0, 0.1) is 5.92 Å². The molecule has 32 heavy (non-hydrogen) atoms. The average Bonchev–Trinajstić information content (AvgIpc) is 3.20. The van der Waals surface area contributed by atoms with Crippen LogP contribution in [0.1, 0.15) is 46.0 Å². The van der Waals surface area contributed by atoms with Gasteiger partial charge in [0.15, 0.2) is 0 Å². The average molecular weight is 457 g/mol. The summed E-state index contributed by atoms with van der Waals surface area (Å²) in [4.78, 5) is 27.8. The number of hydrogen-bond acceptors (Lipinski definition) is 5. The Morgan fingerprint density at radius 2 is 2.06 bits per heavy atom. The molecule has 3 rings (SSSR count). The Morgan fingerprint density at radius 3 is 2.72 bits per heavy atom. The van der Waals surface area contributed by atoms with E-state index in [1.54, 1.807) is 0 Å². The number of thiazole rings is 1. The number of carbonyl (C=O) groups excluding carboxylic acids is 1. The predicted octanol–water partition coefficient (Wildman–Crippen LogP) is 5.71. The fourth-order valence-electron chi connectivity index (χ4n) is 3.63. The van der Waals surface area contributed by atoms with E-state index in [1.165, 1.54) is 16.9 Å². The zero-order valence-electron chi connectivity index (χ0n) is 19.3. The van der Waals surface area contributed by atoms with E-state index in [9.17, 15) is 9.59 Å². The Balaban J connectivity index is 0.000000297. The molecule has 0 bridgehead atoms. The summed E-state index contributed by atoms with van der Waals surface area (Å²) in [6.07, 6.45) is 13.1. The van der Waals surface area contributed by atoms with Gasteiger partial charge in [-0.15, -0.1) is 0 Å². The molecule has 1 N–H and O–H groups in total. The number of rotatable bonds is 9. The van der Waals surface area contributed by atoms with Crippen molar-refractivity contribution < 1.29 is 9.53 Å². The molecule has 1 aromatic heterocycles. The number of H-pyrrole nitrogens is 1. The van der Waals surface area contributed by atoms with Crippen LogP contribution in [0.5, 0.6) is 0 Å². The molecule has 0 unspecified atom stereocenters. The minimum Gasteiger partial charge on any atom is -0.465 e. The van der Waals surface area contributed by atoms with Gasteiger partial charge in [-0.2, -0.15) is 0 Å². The van der Waals surface area contributed by atoms with Crippen LogP contribution in [0.2, 0.25) is 0 Å². The van der Waals surface area contributed by atoms with Crippen molar-refractivity contribution in [2.45, 2.75) is 46.0 Å². The van der Waals surface area contributed by atoms with E-state index < -0.39 is 0 Å². The second-order valence-corrected chi connectivity index (χ2v) is 8.87. The lowest BCUT2D eigenvalue weighted by molar-refractivity contribution is -0.150. The number of hydrogen-bond donors (Lipinski definition) is 1. The number of ether oxygens (including phenoxy) is 1. The van der Waals surface area contributed by atoms with Gasteiger partial charge >= 0.3 is 10.8 Å². The van der Waals surface area contributed by atoms with Crippen molar-refractivity contribution in [2.24, 2.45) is 5.92 Å². The number of piperidine rings is 1.